The average Bonchev–Trinajstić information content (AvgIpc) is 3.09. The van der Waals surface area contributed by atoms with Gasteiger partial charge in [0.05, 0.1) is 5.56 Å². The summed E-state index contributed by atoms with van der Waals surface area (Å²) < 4.78 is 37.5. The number of guanidine groups is 1. The largest absolute Gasteiger partial charge is 0.416 e. The van der Waals surface area contributed by atoms with Gasteiger partial charge in [-0.1, -0.05) is 12.8 Å². The zero-order valence-electron chi connectivity index (χ0n) is 14.1. The summed E-state index contributed by atoms with van der Waals surface area (Å²) in [5, 5.41) is 9.10. The molecule has 0 saturated heterocycles. The lowest BCUT2D eigenvalue weighted by molar-refractivity contribution is -0.137. The Kier molecular flexibility index (Phi) is 6.66. The predicted octanol–water partition coefficient (Wildman–Crippen LogP) is 2.54. The molecular formula is C17H23F3N4O. The molecular weight excluding hydrogens is 333 g/mol. The molecule has 1 saturated carbocycles. The molecule has 0 bridgehead atoms. The molecule has 1 amide bonds. The van der Waals surface area contributed by atoms with Crippen LogP contribution in [0.5, 0.6) is 0 Å². The topological polar surface area (TPSA) is 65.5 Å². The minimum Gasteiger partial charge on any atom is -0.355 e. The number of alkyl halides is 3. The maximum Gasteiger partial charge on any atom is 0.416 e. The molecule has 2 rings (SSSR count). The lowest BCUT2D eigenvalue weighted by Crippen LogP contribution is -2.44. The zero-order chi connectivity index (χ0) is 18.3. The van der Waals surface area contributed by atoms with Gasteiger partial charge in [-0.05, 0) is 37.1 Å². The Bertz CT molecular complexity index is 593. The molecule has 5 nitrogen and oxygen atoms in total. The monoisotopic (exact) mass is 356 g/mol. The third-order valence-corrected chi connectivity index (χ3v) is 4.10. The van der Waals surface area contributed by atoms with E-state index < -0.39 is 17.6 Å². The first-order valence-corrected chi connectivity index (χ1v) is 8.33. The number of aliphatic imine (C=N–C) groups is 1. The van der Waals surface area contributed by atoms with Crippen molar-refractivity contribution in [2.45, 2.75) is 37.9 Å². The van der Waals surface area contributed by atoms with Gasteiger partial charge in [-0.2, -0.15) is 13.2 Å². The normalized spacial score (nSPS) is 15.9. The molecule has 0 unspecified atom stereocenters. The van der Waals surface area contributed by atoms with Gasteiger partial charge < -0.3 is 16.0 Å². The van der Waals surface area contributed by atoms with Gasteiger partial charge in [0, 0.05) is 31.7 Å². The van der Waals surface area contributed by atoms with Crippen LogP contribution < -0.4 is 16.0 Å². The van der Waals surface area contributed by atoms with E-state index >= 15 is 0 Å². The minimum absolute atomic E-state index is 0.196. The van der Waals surface area contributed by atoms with Crippen molar-refractivity contribution in [1.29, 1.82) is 0 Å². The van der Waals surface area contributed by atoms with Crippen molar-refractivity contribution in [3.63, 3.8) is 0 Å². The van der Waals surface area contributed by atoms with Gasteiger partial charge in [-0.15, -0.1) is 0 Å². The van der Waals surface area contributed by atoms with E-state index in [1.807, 2.05) is 0 Å². The standard InChI is InChI=1S/C17H23F3N4O/c1-21-16(24-14-4-2-3-5-14)23-11-10-22-15(25)12-6-8-13(9-7-12)17(18,19)20/h6-9,14H,2-5,10-11H2,1H3,(H,22,25)(H2,21,23,24). The lowest BCUT2D eigenvalue weighted by Gasteiger charge is -2.17. The number of carbonyl (C=O) groups is 1. The summed E-state index contributed by atoms with van der Waals surface area (Å²) in [6.07, 6.45) is 0.299. The van der Waals surface area contributed by atoms with Crippen molar-refractivity contribution in [1.82, 2.24) is 16.0 Å². The summed E-state index contributed by atoms with van der Waals surface area (Å²) >= 11 is 0. The molecule has 1 aliphatic carbocycles. The van der Waals surface area contributed by atoms with Crippen molar-refractivity contribution in [2.24, 2.45) is 4.99 Å². The number of amides is 1. The Labute approximate surface area is 145 Å². The Morgan fingerprint density at radius 1 is 1.12 bits per heavy atom. The van der Waals surface area contributed by atoms with Crippen molar-refractivity contribution < 1.29 is 18.0 Å². The molecule has 0 spiro atoms. The summed E-state index contributed by atoms with van der Waals surface area (Å²) in [6, 6.07) is 4.59. The van der Waals surface area contributed by atoms with Crippen LogP contribution in [-0.4, -0.2) is 38.0 Å². The molecule has 138 valence electrons. The molecule has 0 aliphatic heterocycles. The van der Waals surface area contributed by atoms with Crippen LogP contribution in [-0.2, 0) is 6.18 Å². The van der Waals surface area contributed by atoms with Gasteiger partial charge in [-0.3, -0.25) is 9.79 Å². The summed E-state index contributed by atoms with van der Waals surface area (Å²) in [7, 11) is 1.69. The maximum absolute atomic E-state index is 12.5. The van der Waals surface area contributed by atoms with E-state index in [1.165, 1.54) is 25.0 Å². The molecule has 8 heteroatoms. The second-order valence-corrected chi connectivity index (χ2v) is 5.96. The van der Waals surface area contributed by atoms with Crippen LogP contribution >= 0.6 is 0 Å². The fourth-order valence-electron chi connectivity index (χ4n) is 2.73. The molecule has 0 atom stereocenters. The van der Waals surface area contributed by atoms with Crippen LogP contribution in [0.1, 0.15) is 41.6 Å². The van der Waals surface area contributed by atoms with Crippen LogP contribution in [0, 0.1) is 0 Å². The SMILES string of the molecule is CN=C(NCCNC(=O)c1ccc(C(F)(F)F)cc1)NC1CCCC1. The quantitative estimate of drug-likeness (QED) is 0.432. The summed E-state index contributed by atoms with van der Waals surface area (Å²) in [4.78, 5) is 16.1. The van der Waals surface area contributed by atoms with Gasteiger partial charge in [0.1, 0.15) is 0 Å². The van der Waals surface area contributed by atoms with E-state index in [-0.39, 0.29) is 5.56 Å². The second kappa shape index (κ2) is 8.73. The van der Waals surface area contributed by atoms with Crippen LogP contribution in [0.3, 0.4) is 0 Å². The van der Waals surface area contributed by atoms with E-state index in [1.54, 1.807) is 7.05 Å². The lowest BCUT2D eigenvalue weighted by atomic mass is 10.1. The summed E-state index contributed by atoms with van der Waals surface area (Å²) in [5.41, 5.74) is -0.575. The van der Waals surface area contributed by atoms with Gasteiger partial charge in [-0.25, -0.2) is 0 Å². The number of hydrogen-bond donors (Lipinski definition) is 3. The zero-order valence-corrected chi connectivity index (χ0v) is 14.1. The number of nitrogens with zero attached hydrogens (tertiary/aromatic N) is 1. The average molecular weight is 356 g/mol. The minimum atomic E-state index is -4.40. The molecule has 3 N–H and O–H groups in total. The van der Waals surface area contributed by atoms with Crippen molar-refractivity contribution >= 4 is 11.9 Å². The third-order valence-electron chi connectivity index (χ3n) is 4.10. The van der Waals surface area contributed by atoms with E-state index in [0.29, 0.717) is 25.1 Å². The Balaban J connectivity index is 1.72. The molecule has 1 aromatic carbocycles. The van der Waals surface area contributed by atoms with Crippen molar-refractivity contribution in [3.8, 4) is 0 Å². The highest BCUT2D eigenvalue weighted by Crippen LogP contribution is 2.29. The smallest absolute Gasteiger partial charge is 0.355 e. The van der Waals surface area contributed by atoms with Crippen molar-refractivity contribution in [3.05, 3.63) is 35.4 Å². The first-order chi connectivity index (χ1) is 11.9. The first kappa shape index (κ1) is 19.1. The number of halogens is 3. The highest BCUT2D eigenvalue weighted by atomic mass is 19.4. The Hall–Kier alpha value is -2.25. The van der Waals surface area contributed by atoms with E-state index in [0.717, 1.165) is 25.0 Å². The van der Waals surface area contributed by atoms with Crippen molar-refractivity contribution in [2.75, 3.05) is 20.1 Å². The molecule has 1 fully saturated rings. The predicted molar refractivity (Wildman–Crippen MR) is 90.5 cm³/mol. The molecule has 0 radical (unpaired) electrons. The summed E-state index contributed by atoms with van der Waals surface area (Å²) in [5.74, 6) is 0.282. The fraction of sp³-hybridized carbons (Fsp3) is 0.529. The summed E-state index contributed by atoms with van der Waals surface area (Å²) in [6.45, 7) is 0.810. The van der Waals surface area contributed by atoms with Crippen LogP contribution in [0.25, 0.3) is 0 Å². The van der Waals surface area contributed by atoms with Gasteiger partial charge in [0.15, 0.2) is 5.96 Å². The third kappa shape index (κ3) is 5.95. The number of rotatable bonds is 5. The molecule has 0 aromatic heterocycles. The highest BCUT2D eigenvalue weighted by molar-refractivity contribution is 5.94. The van der Waals surface area contributed by atoms with Gasteiger partial charge in [0.2, 0.25) is 0 Å². The number of nitrogens with one attached hydrogen (secondary N) is 3. The van der Waals surface area contributed by atoms with E-state index in [2.05, 4.69) is 20.9 Å². The first-order valence-electron chi connectivity index (χ1n) is 8.33. The fourth-order valence-corrected chi connectivity index (χ4v) is 2.73. The van der Waals surface area contributed by atoms with Crippen LogP contribution in [0.4, 0.5) is 13.2 Å². The molecule has 0 heterocycles. The number of carbonyl (C=O) groups excluding carboxylic acids is 1. The molecule has 1 aliphatic rings. The van der Waals surface area contributed by atoms with Crippen LogP contribution in [0.2, 0.25) is 0 Å². The molecule has 25 heavy (non-hydrogen) atoms. The number of benzene rings is 1. The van der Waals surface area contributed by atoms with E-state index in [4.69, 9.17) is 0 Å². The maximum atomic E-state index is 12.5. The molecule has 1 aromatic rings. The van der Waals surface area contributed by atoms with Crippen LogP contribution in [0.15, 0.2) is 29.3 Å². The Morgan fingerprint density at radius 2 is 1.72 bits per heavy atom. The van der Waals surface area contributed by atoms with Gasteiger partial charge >= 0.3 is 6.18 Å². The van der Waals surface area contributed by atoms with E-state index in [9.17, 15) is 18.0 Å². The Morgan fingerprint density at radius 3 is 2.28 bits per heavy atom. The highest BCUT2D eigenvalue weighted by Gasteiger charge is 2.30. The van der Waals surface area contributed by atoms with Gasteiger partial charge in [0.25, 0.3) is 5.91 Å². The number of hydrogen-bond acceptors (Lipinski definition) is 2. The second-order valence-electron chi connectivity index (χ2n) is 5.96.